The molecule has 1 atom stereocenters. The first-order chi connectivity index (χ1) is 11.6. The molecule has 0 aliphatic carbocycles. The van der Waals surface area contributed by atoms with Crippen LogP contribution >= 0.6 is 0 Å². The van der Waals surface area contributed by atoms with Crippen LogP contribution in [0.1, 0.15) is 17.6 Å². The van der Waals surface area contributed by atoms with Crippen LogP contribution in [0.25, 0.3) is 0 Å². The van der Waals surface area contributed by atoms with Crippen LogP contribution in [0.2, 0.25) is 0 Å². The highest BCUT2D eigenvalue weighted by Gasteiger charge is 2.26. The molecule has 2 aromatic rings. The minimum atomic E-state index is -0.398. The lowest BCUT2D eigenvalue weighted by atomic mass is 10.2. The smallest absolute Gasteiger partial charge is 0.260 e. The molecule has 1 aromatic heterocycles. The third-order valence-electron chi connectivity index (χ3n) is 3.71. The van der Waals surface area contributed by atoms with Gasteiger partial charge >= 0.3 is 0 Å². The number of rotatable bonds is 4. The molecule has 0 saturated carbocycles. The molecule has 0 N–H and O–H groups in total. The topological polar surface area (TPSA) is 64.6 Å². The number of amides is 1. The minimum absolute atomic E-state index is 0.140. The summed E-state index contributed by atoms with van der Waals surface area (Å²) in [5.41, 5.74) is 0.756. The highest BCUT2D eigenvalue weighted by Crippen LogP contribution is 2.20. The van der Waals surface area contributed by atoms with Gasteiger partial charge in [0.25, 0.3) is 5.91 Å². The first kappa shape index (κ1) is 16.3. The van der Waals surface area contributed by atoms with Crippen LogP contribution in [-0.2, 0) is 9.53 Å². The Morgan fingerprint density at radius 2 is 2.33 bits per heavy atom. The Hall–Kier alpha value is -2.54. The van der Waals surface area contributed by atoms with Gasteiger partial charge in [0.1, 0.15) is 23.5 Å². The van der Waals surface area contributed by atoms with Gasteiger partial charge in [0, 0.05) is 18.8 Å². The Morgan fingerprint density at radius 3 is 3.12 bits per heavy atom. The van der Waals surface area contributed by atoms with Gasteiger partial charge in [-0.1, -0.05) is 6.07 Å². The van der Waals surface area contributed by atoms with Crippen molar-refractivity contribution < 1.29 is 18.7 Å². The van der Waals surface area contributed by atoms with Crippen molar-refractivity contribution in [3.8, 4) is 5.75 Å². The molecular weight excluding hydrogens is 313 g/mol. The lowest BCUT2D eigenvalue weighted by molar-refractivity contribution is -0.141. The first-order valence-corrected chi connectivity index (χ1v) is 7.69. The van der Waals surface area contributed by atoms with Crippen LogP contribution in [0.3, 0.4) is 0 Å². The second-order valence-corrected chi connectivity index (χ2v) is 5.47. The van der Waals surface area contributed by atoms with Crippen molar-refractivity contribution in [2.75, 3.05) is 26.3 Å². The summed E-state index contributed by atoms with van der Waals surface area (Å²) in [6.07, 6.45) is 1.40. The van der Waals surface area contributed by atoms with E-state index in [1.807, 2.05) is 6.92 Å². The van der Waals surface area contributed by atoms with Crippen molar-refractivity contribution in [1.82, 2.24) is 14.9 Å². The number of aromatic nitrogens is 2. The fourth-order valence-corrected chi connectivity index (χ4v) is 2.50. The maximum atomic E-state index is 13.1. The molecule has 1 aromatic carbocycles. The second-order valence-electron chi connectivity index (χ2n) is 5.47. The number of morpholine rings is 1. The third kappa shape index (κ3) is 4.05. The molecule has 1 saturated heterocycles. The van der Waals surface area contributed by atoms with Crippen LogP contribution in [0.4, 0.5) is 4.39 Å². The van der Waals surface area contributed by atoms with Crippen LogP contribution < -0.4 is 4.74 Å². The molecule has 1 aliphatic heterocycles. The summed E-state index contributed by atoms with van der Waals surface area (Å²) < 4.78 is 24.2. The SMILES string of the molecule is Cc1nccc([C@H]2CN(C(=O)COc3cccc(F)c3)CCO2)n1. The van der Waals surface area contributed by atoms with Crippen molar-refractivity contribution >= 4 is 5.91 Å². The van der Waals surface area contributed by atoms with Gasteiger partial charge in [-0.2, -0.15) is 0 Å². The highest BCUT2D eigenvalue weighted by molar-refractivity contribution is 5.77. The average molecular weight is 331 g/mol. The van der Waals surface area contributed by atoms with Crippen LogP contribution in [0.5, 0.6) is 5.75 Å². The highest BCUT2D eigenvalue weighted by atomic mass is 19.1. The number of benzene rings is 1. The van der Waals surface area contributed by atoms with Crippen molar-refractivity contribution in [1.29, 1.82) is 0 Å². The largest absolute Gasteiger partial charge is 0.484 e. The number of nitrogens with zero attached hydrogens (tertiary/aromatic N) is 3. The van der Waals surface area contributed by atoms with E-state index in [0.717, 1.165) is 5.69 Å². The van der Waals surface area contributed by atoms with Gasteiger partial charge < -0.3 is 14.4 Å². The van der Waals surface area contributed by atoms with E-state index >= 15 is 0 Å². The zero-order valence-corrected chi connectivity index (χ0v) is 13.3. The molecule has 7 heteroatoms. The summed E-state index contributed by atoms with van der Waals surface area (Å²) in [4.78, 5) is 22.4. The van der Waals surface area contributed by atoms with E-state index in [9.17, 15) is 9.18 Å². The second kappa shape index (κ2) is 7.35. The number of carbonyl (C=O) groups excluding carboxylic acids is 1. The standard InChI is InChI=1S/C17H18FN3O3/c1-12-19-6-5-15(20-12)16-10-21(7-8-23-16)17(22)11-24-14-4-2-3-13(18)9-14/h2-6,9,16H,7-8,10-11H2,1H3/t16-/m1/s1. The molecule has 24 heavy (non-hydrogen) atoms. The number of hydrogen-bond donors (Lipinski definition) is 0. The molecule has 0 spiro atoms. The Kier molecular flexibility index (Phi) is 5.00. The fraction of sp³-hybridized carbons (Fsp3) is 0.353. The van der Waals surface area contributed by atoms with E-state index in [-0.39, 0.29) is 18.6 Å². The van der Waals surface area contributed by atoms with Gasteiger partial charge in [0.05, 0.1) is 18.8 Å². The maximum Gasteiger partial charge on any atom is 0.260 e. The number of aryl methyl sites for hydroxylation is 1. The zero-order valence-electron chi connectivity index (χ0n) is 13.3. The van der Waals surface area contributed by atoms with Gasteiger partial charge in [-0.25, -0.2) is 14.4 Å². The Balaban J connectivity index is 1.59. The third-order valence-corrected chi connectivity index (χ3v) is 3.71. The molecule has 126 valence electrons. The summed E-state index contributed by atoms with van der Waals surface area (Å²) >= 11 is 0. The zero-order chi connectivity index (χ0) is 16.9. The van der Waals surface area contributed by atoms with E-state index in [1.54, 1.807) is 23.2 Å². The van der Waals surface area contributed by atoms with Crippen LogP contribution in [0, 0.1) is 12.7 Å². The normalized spacial score (nSPS) is 17.6. The maximum absolute atomic E-state index is 13.1. The van der Waals surface area contributed by atoms with Gasteiger partial charge in [0.15, 0.2) is 6.61 Å². The monoisotopic (exact) mass is 331 g/mol. The molecule has 0 radical (unpaired) electrons. The molecule has 6 nitrogen and oxygen atoms in total. The molecule has 2 heterocycles. The van der Waals surface area contributed by atoms with Crippen LogP contribution in [0.15, 0.2) is 36.5 Å². The molecule has 1 aliphatic rings. The molecular formula is C17H18FN3O3. The molecule has 1 fully saturated rings. The molecule has 0 unspecified atom stereocenters. The Bertz CT molecular complexity index is 726. The lowest BCUT2D eigenvalue weighted by Gasteiger charge is -2.32. The quantitative estimate of drug-likeness (QED) is 0.856. The first-order valence-electron chi connectivity index (χ1n) is 7.69. The fourth-order valence-electron chi connectivity index (χ4n) is 2.50. The summed E-state index contributed by atoms with van der Waals surface area (Å²) in [7, 11) is 0. The molecule has 0 bridgehead atoms. The van der Waals surface area contributed by atoms with E-state index in [2.05, 4.69) is 9.97 Å². The van der Waals surface area contributed by atoms with Gasteiger partial charge in [0.2, 0.25) is 0 Å². The number of hydrogen-bond acceptors (Lipinski definition) is 5. The lowest BCUT2D eigenvalue weighted by Crippen LogP contribution is -2.44. The number of halogens is 1. The Morgan fingerprint density at radius 1 is 1.46 bits per heavy atom. The number of carbonyl (C=O) groups is 1. The van der Waals surface area contributed by atoms with Gasteiger partial charge in [-0.3, -0.25) is 4.79 Å². The van der Waals surface area contributed by atoms with E-state index in [1.165, 1.54) is 18.2 Å². The van der Waals surface area contributed by atoms with Crippen molar-refractivity contribution in [2.45, 2.75) is 13.0 Å². The Labute approximate surface area is 139 Å². The van der Waals surface area contributed by atoms with Gasteiger partial charge in [-0.15, -0.1) is 0 Å². The summed E-state index contributed by atoms with van der Waals surface area (Å²) in [6, 6.07) is 7.51. The average Bonchev–Trinajstić information content (AvgIpc) is 2.60. The van der Waals surface area contributed by atoms with Crippen molar-refractivity contribution in [2.24, 2.45) is 0 Å². The predicted octanol–water partition coefficient (Wildman–Crippen LogP) is 1.90. The van der Waals surface area contributed by atoms with Crippen molar-refractivity contribution in [3.05, 3.63) is 53.9 Å². The van der Waals surface area contributed by atoms with Crippen LogP contribution in [-0.4, -0.2) is 47.1 Å². The van der Waals surface area contributed by atoms with E-state index in [4.69, 9.17) is 9.47 Å². The molecule has 3 rings (SSSR count). The summed E-state index contributed by atoms with van der Waals surface area (Å²) in [5.74, 6) is 0.428. The summed E-state index contributed by atoms with van der Waals surface area (Å²) in [5, 5.41) is 0. The number of ether oxygens (including phenoxy) is 2. The van der Waals surface area contributed by atoms with Crippen molar-refractivity contribution in [3.63, 3.8) is 0 Å². The van der Waals surface area contributed by atoms with E-state index in [0.29, 0.717) is 31.3 Å². The minimum Gasteiger partial charge on any atom is -0.484 e. The van der Waals surface area contributed by atoms with E-state index < -0.39 is 5.82 Å². The van der Waals surface area contributed by atoms with Gasteiger partial charge in [-0.05, 0) is 25.1 Å². The predicted molar refractivity (Wildman–Crippen MR) is 83.9 cm³/mol. The molecule has 1 amide bonds. The summed E-state index contributed by atoms with van der Waals surface area (Å²) in [6.45, 7) is 2.99.